The molecule has 0 fully saturated rings. The van der Waals surface area contributed by atoms with Crippen molar-refractivity contribution in [2.45, 2.75) is 6.61 Å². The van der Waals surface area contributed by atoms with Crippen LogP contribution < -0.4 is 10.1 Å². The highest BCUT2D eigenvalue weighted by molar-refractivity contribution is 5.78. The maximum Gasteiger partial charge on any atom is 0.320 e. The minimum atomic E-state index is -0.229. The van der Waals surface area contributed by atoms with Crippen molar-refractivity contribution in [2.75, 3.05) is 14.1 Å². The molecule has 0 unspecified atom stereocenters. The summed E-state index contributed by atoms with van der Waals surface area (Å²) in [5.41, 5.74) is 2.51. The zero-order valence-corrected chi connectivity index (χ0v) is 13.9. The monoisotopic (exact) mass is 323 g/mol. The lowest BCUT2D eigenvalue weighted by Crippen LogP contribution is -2.31. The zero-order valence-electron chi connectivity index (χ0n) is 13.9. The Morgan fingerprint density at radius 1 is 1.25 bits per heavy atom. The summed E-state index contributed by atoms with van der Waals surface area (Å²) in [6.45, 7) is 4.07. The number of carbonyl (C=O) groups excluding carboxylic acids is 1. The number of amides is 2. The molecule has 0 heterocycles. The molecule has 2 aromatic carbocycles. The van der Waals surface area contributed by atoms with Crippen LogP contribution in [-0.2, 0) is 6.61 Å². The van der Waals surface area contributed by atoms with Crippen molar-refractivity contribution in [1.29, 1.82) is 0 Å². The minimum absolute atomic E-state index is 0.229. The number of rotatable bonds is 6. The van der Waals surface area contributed by atoms with Crippen LogP contribution in [-0.4, -0.2) is 31.7 Å². The highest BCUT2D eigenvalue weighted by Gasteiger charge is 2.07. The molecular formula is C19H21N3O2. The first-order chi connectivity index (χ1) is 11.6. The molecule has 0 aromatic heterocycles. The van der Waals surface area contributed by atoms with Gasteiger partial charge in [0.15, 0.2) is 0 Å². The van der Waals surface area contributed by atoms with Crippen LogP contribution >= 0.6 is 0 Å². The summed E-state index contributed by atoms with van der Waals surface area (Å²) in [6.07, 6.45) is 1.63. The number of nitrogens with zero attached hydrogens (tertiary/aromatic N) is 2. The highest BCUT2D eigenvalue weighted by Crippen LogP contribution is 2.22. The summed E-state index contributed by atoms with van der Waals surface area (Å²) in [6, 6.07) is 17.3. The average molecular weight is 323 g/mol. The predicted octanol–water partition coefficient (Wildman–Crippen LogP) is 3.54. The van der Waals surface area contributed by atoms with Gasteiger partial charge >= 0.3 is 6.03 Å². The zero-order chi connectivity index (χ0) is 17.4. The molecule has 0 aliphatic heterocycles. The van der Waals surface area contributed by atoms with Crippen LogP contribution in [0.5, 0.6) is 5.75 Å². The Hall–Kier alpha value is -3.08. The van der Waals surface area contributed by atoms with Crippen molar-refractivity contribution in [2.24, 2.45) is 4.99 Å². The molecule has 0 aliphatic carbocycles. The minimum Gasteiger partial charge on any atom is -0.489 e. The molecule has 0 bridgehead atoms. The van der Waals surface area contributed by atoms with Gasteiger partial charge in [-0.15, -0.1) is 0 Å². The Kier molecular flexibility index (Phi) is 6.14. The third-order valence-electron chi connectivity index (χ3n) is 3.40. The van der Waals surface area contributed by atoms with E-state index in [0.29, 0.717) is 12.3 Å². The van der Waals surface area contributed by atoms with Gasteiger partial charge in [-0.25, -0.2) is 4.79 Å². The molecule has 0 spiro atoms. The van der Waals surface area contributed by atoms with E-state index in [1.54, 1.807) is 20.3 Å². The van der Waals surface area contributed by atoms with Crippen molar-refractivity contribution >= 4 is 18.4 Å². The van der Waals surface area contributed by atoms with Crippen LogP contribution in [0.3, 0.4) is 0 Å². The molecule has 1 N–H and O–H groups in total. The Balaban J connectivity index is 2.14. The van der Waals surface area contributed by atoms with E-state index in [2.05, 4.69) is 17.0 Å². The summed E-state index contributed by atoms with van der Waals surface area (Å²) in [7, 11) is 3.23. The Morgan fingerprint density at radius 3 is 2.67 bits per heavy atom. The number of nitrogens with one attached hydrogen (secondary N) is 1. The maximum atomic E-state index is 11.6. The normalized spacial score (nSPS) is 10.8. The molecule has 2 aromatic rings. The molecule has 0 atom stereocenters. The van der Waals surface area contributed by atoms with E-state index in [1.165, 1.54) is 4.90 Å². The van der Waals surface area contributed by atoms with Gasteiger partial charge in [0.1, 0.15) is 12.4 Å². The molecule has 24 heavy (non-hydrogen) atoms. The summed E-state index contributed by atoms with van der Waals surface area (Å²) < 4.78 is 5.82. The van der Waals surface area contributed by atoms with Crippen molar-refractivity contribution in [3.63, 3.8) is 0 Å². The van der Waals surface area contributed by atoms with Crippen LogP contribution in [0.1, 0.15) is 11.1 Å². The van der Waals surface area contributed by atoms with Crippen LogP contribution in [0.25, 0.3) is 5.70 Å². The number of carbonyl (C=O) groups is 1. The molecule has 2 rings (SSSR count). The van der Waals surface area contributed by atoms with Crippen LogP contribution in [0.15, 0.2) is 65.8 Å². The molecule has 2 amide bonds. The largest absolute Gasteiger partial charge is 0.489 e. The summed E-state index contributed by atoms with van der Waals surface area (Å²) in [4.78, 5) is 17.0. The first-order valence-corrected chi connectivity index (χ1v) is 7.54. The topological polar surface area (TPSA) is 53.9 Å². The maximum absolute atomic E-state index is 11.6. The fourth-order valence-corrected chi connectivity index (χ4v) is 2.11. The molecule has 124 valence electrons. The summed E-state index contributed by atoms with van der Waals surface area (Å²) in [5.74, 6) is 0.730. The lowest BCUT2D eigenvalue weighted by atomic mass is 10.1. The van der Waals surface area contributed by atoms with Crippen LogP contribution in [0.4, 0.5) is 4.79 Å². The number of hydrogen-bond acceptors (Lipinski definition) is 3. The number of aliphatic imine (C=N–C) groups is 1. The third kappa shape index (κ3) is 4.71. The Morgan fingerprint density at radius 2 is 2.00 bits per heavy atom. The van der Waals surface area contributed by atoms with Crippen molar-refractivity contribution < 1.29 is 9.53 Å². The highest BCUT2D eigenvalue weighted by atomic mass is 16.5. The van der Waals surface area contributed by atoms with Gasteiger partial charge in [0, 0.05) is 25.9 Å². The van der Waals surface area contributed by atoms with Gasteiger partial charge in [-0.1, -0.05) is 42.5 Å². The lowest BCUT2D eigenvalue weighted by Gasteiger charge is -2.13. The van der Waals surface area contributed by atoms with Crippen molar-refractivity contribution in [3.05, 3.63) is 71.9 Å². The van der Waals surface area contributed by atoms with E-state index in [1.807, 2.05) is 54.6 Å². The van der Waals surface area contributed by atoms with E-state index in [4.69, 9.17) is 4.74 Å². The quantitative estimate of drug-likeness (QED) is 0.827. The molecule has 0 radical (unpaired) electrons. The van der Waals surface area contributed by atoms with Gasteiger partial charge in [0.25, 0.3) is 0 Å². The van der Waals surface area contributed by atoms with Gasteiger partial charge in [-0.2, -0.15) is 0 Å². The first-order valence-electron chi connectivity index (χ1n) is 7.54. The van der Waals surface area contributed by atoms with Crippen molar-refractivity contribution in [3.8, 4) is 5.75 Å². The molecule has 0 saturated heterocycles. The number of hydrogen-bond donors (Lipinski definition) is 1. The Bertz CT molecular complexity index is 726. The number of benzene rings is 2. The molecule has 5 nitrogen and oxygen atoms in total. The Labute approximate surface area is 142 Å². The van der Waals surface area contributed by atoms with Gasteiger partial charge < -0.3 is 15.0 Å². The fraction of sp³-hybridized carbons (Fsp3) is 0.158. The molecule has 0 saturated carbocycles. The van der Waals surface area contributed by atoms with Gasteiger partial charge in [-0.3, -0.25) is 4.99 Å². The average Bonchev–Trinajstić information content (AvgIpc) is 2.64. The molecule has 0 aliphatic rings. The van der Waals surface area contributed by atoms with E-state index >= 15 is 0 Å². The standard InChI is InChI=1S/C19H21N3O2/c1-20-18(13-22(3)19(23)21-2)16-10-7-11-17(12-16)24-14-15-8-5-4-6-9-15/h4-13H,1,14H2,2-3H3,(H,21,23). The van der Waals surface area contributed by atoms with E-state index < -0.39 is 0 Å². The van der Waals surface area contributed by atoms with Crippen molar-refractivity contribution in [1.82, 2.24) is 10.2 Å². The lowest BCUT2D eigenvalue weighted by molar-refractivity contribution is 0.224. The summed E-state index contributed by atoms with van der Waals surface area (Å²) >= 11 is 0. The molecular weight excluding hydrogens is 302 g/mol. The smallest absolute Gasteiger partial charge is 0.320 e. The second-order valence-electron chi connectivity index (χ2n) is 5.14. The third-order valence-corrected chi connectivity index (χ3v) is 3.40. The van der Waals surface area contributed by atoms with E-state index in [9.17, 15) is 4.79 Å². The number of urea groups is 1. The fourth-order valence-electron chi connectivity index (χ4n) is 2.11. The second kappa shape index (κ2) is 8.53. The second-order valence-corrected chi connectivity index (χ2v) is 5.14. The van der Waals surface area contributed by atoms with E-state index in [0.717, 1.165) is 16.9 Å². The van der Waals surface area contributed by atoms with Gasteiger partial charge in [0.2, 0.25) is 0 Å². The molecule has 5 heteroatoms. The van der Waals surface area contributed by atoms with E-state index in [-0.39, 0.29) is 6.03 Å². The summed E-state index contributed by atoms with van der Waals surface area (Å²) in [5, 5.41) is 2.55. The van der Waals surface area contributed by atoms with Gasteiger partial charge in [-0.05, 0) is 24.4 Å². The van der Waals surface area contributed by atoms with Crippen LogP contribution in [0, 0.1) is 0 Å². The number of ether oxygens (including phenoxy) is 1. The predicted molar refractivity (Wildman–Crippen MR) is 97.0 cm³/mol. The van der Waals surface area contributed by atoms with Crippen LogP contribution in [0.2, 0.25) is 0 Å². The first kappa shape index (κ1) is 17.3. The SMILES string of the molecule is C=NC(=CN(C)C(=O)NC)c1cccc(OCc2ccccc2)c1. The van der Waals surface area contributed by atoms with Gasteiger partial charge in [0.05, 0.1) is 5.70 Å².